The number of carbonyl (C=O) groups is 1. The zero-order valence-corrected chi connectivity index (χ0v) is 13.8. The summed E-state index contributed by atoms with van der Waals surface area (Å²) in [5, 5.41) is 4.48. The van der Waals surface area contributed by atoms with Gasteiger partial charge in [0.1, 0.15) is 10.0 Å². The molecule has 0 saturated heterocycles. The van der Waals surface area contributed by atoms with E-state index < -0.39 is 11.9 Å². The highest BCUT2D eigenvalue weighted by molar-refractivity contribution is 8.00. The third-order valence-corrected chi connectivity index (χ3v) is 4.70. The van der Waals surface area contributed by atoms with Gasteiger partial charge in [-0.2, -0.15) is 13.2 Å². The number of halogens is 3. The van der Waals surface area contributed by atoms with Crippen molar-refractivity contribution in [1.82, 2.24) is 15.3 Å². The van der Waals surface area contributed by atoms with Gasteiger partial charge < -0.3 is 5.32 Å². The van der Waals surface area contributed by atoms with Gasteiger partial charge in [-0.25, -0.2) is 4.98 Å². The Labute approximate surface area is 139 Å². The second-order valence-corrected chi connectivity index (χ2v) is 6.91. The molecule has 0 spiro atoms. The van der Waals surface area contributed by atoms with E-state index in [9.17, 15) is 18.0 Å². The molecule has 2 heterocycles. The Morgan fingerprint density at radius 2 is 2.17 bits per heavy atom. The highest BCUT2D eigenvalue weighted by atomic mass is 32.2. The predicted octanol–water partition coefficient (Wildman–Crippen LogP) is 3.53. The van der Waals surface area contributed by atoms with Crippen LogP contribution in [0.5, 0.6) is 0 Å². The molecule has 1 N–H and O–H groups in total. The Hall–Kier alpha value is -1.61. The molecule has 2 aromatic rings. The number of thiazole rings is 1. The quantitative estimate of drug-likeness (QED) is 0.800. The SMILES string of the molecule is CCSc1nc(CC(=O)NCc2ccc(C(F)(F)F)nc2)cs1. The van der Waals surface area contributed by atoms with Crippen molar-refractivity contribution in [2.24, 2.45) is 0 Å². The van der Waals surface area contributed by atoms with Crippen molar-refractivity contribution in [2.45, 2.75) is 30.4 Å². The van der Waals surface area contributed by atoms with Crippen LogP contribution < -0.4 is 5.32 Å². The van der Waals surface area contributed by atoms with E-state index in [1.54, 1.807) is 11.8 Å². The lowest BCUT2D eigenvalue weighted by Crippen LogP contribution is -2.24. The lowest BCUT2D eigenvalue weighted by atomic mass is 10.2. The third kappa shape index (κ3) is 5.51. The summed E-state index contributed by atoms with van der Waals surface area (Å²) >= 11 is 3.10. The minimum atomic E-state index is -4.46. The molecule has 2 aromatic heterocycles. The van der Waals surface area contributed by atoms with Crippen LogP contribution in [0.1, 0.15) is 23.9 Å². The Kier molecular flexibility index (Phi) is 6.00. The van der Waals surface area contributed by atoms with E-state index in [1.807, 2.05) is 12.3 Å². The Balaban J connectivity index is 1.84. The molecule has 1 amide bonds. The molecule has 0 unspecified atom stereocenters. The van der Waals surface area contributed by atoms with Crippen molar-refractivity contribution >= 4 is 29.0 Å². The maximum Gasteiger partial charge on any atom is 0.433 e. The van der Waals surface area contributed by atoms with E-state index >= 15 is 0 Å². The van der Waals surface area contributed by atoms with Crippen molar-refractivity contribution in [3.05, 3.63) is 40.7 Å². The van der Waals surface area contributed by atoms with Gasteiger partial charge in [0.15, 0.2) is 0 Å². The molecule has 0 saturated carbocycles. The molecule has 23 heavy (non-hydrogen) atoms. The normalized spacial score (nSPS) is 11.5. The van der Waals surface area contributed by atoms with E-state index in [1.165, 1.54) is 17.4 Å². The van der Waals surface area contributed by atoms with E-state index in [4.69, 9.17) is 0 Å². The van der Waals surface area contributed by atoms with Gasteiger partial charge in [-0.3, -0.25) is 9.78 Å². The fourth-order valence-corrected chi connectivity index (χ4v) is 3.43. The number of pyridine rings is 1. The molecule has 0 aliphatic heterocycles. The summed E-state index contributed by atoms with van der Waals surface area (Å²) in [4.78, 5) is 19.5. The highest BCUT2D eigenvalue weighted by Gasteiger charge is 2.31. The summed E-state index contributed by atoms with van der Waals surface area (Å²) in [6.45, 7) is 2.15. The molecule has 0 radical (unpaired) electrons. The lowest BCUT2D eigenvalue weighted by molar-refractivity contribution is -0.141. The van der Waals surface area contributed by atoms with E-state index in [2.05, 4.69) is 15.3 Å². The molecule has 0 aliphatic rings. The van der Waals surface area contributed by atoms with E-state index in [0.29, 0.717) is 11.3 Å². The maximum atomic E-state index is 12.4. The second kappa shape index (κ2) is 7.78. The van der Waals surface area contributed by atoms with Crippen molar-refractivity contribution in [3.63, 3.8) is 0 Å². The van der Waals surface area contributed by atoms with Crippen molar-refractivity contribution in [3.8, 4) is 0 Å². The first-order valence-electron chi connectivity index (χ1n) is 6.74. The molecular weight excluding hydrogens is 347 g/mol. The zero-order chi connectivity index (χ0) is 16.9. The van der Waals surface area contributed by atoms with Gasteiger partial charge in [-0.15, -0.1) is 11.3 Å². The lowest BCUT2D eigenvalue weighted by Gasteiger charge is -2.07. The molecule has 4 nitrogen and oxygen atoms in total. The minimum Gasteiger partial charge on any atom is -0.352 e. The summed E-state index contributed by atoms with van der Waals surface area (Å²) in [5.74, 6) is 0.684. The smallest absolute Gasteiger partial charge is 0.352 e. The monoisotopic (exact) mass is 361 g/mol. The van der Waals surface area contributed by atoms with E-state index in [-0.39, 0.29) is 18.9 Å². The number of amides is 1. The van der Waals surface area contributed by atoms with Crippen LogP contribution >= 0.6 is 23.1 Å². The number of aromatic nitrogens is 2. The summed E-state index contributed by atoms with van der Waals surface area (Å²) < 4.78 is 38.1. The maximum absolute atomic E-state index is 12.4. The number of hydrogen-bond donors (Lipinski definition) is 1. The molecule has 0 fully saturated rings. The zero-order valence-electron chi connectivity index (χ0n) is 12.2. The van der Waals surface area contributed by atoms with Crippen LogP contribution in [0.3, 0.4) is 0 Å². The average Bonchev–Trinajstić information content (AvgIpc) is 2.92. The van der Waals surface area contributed by atoms with Crippen LogP contribution in [-0.4, -0.2) is 21.6 Å². The first kappa shape index (κ1) is 17.7. The topological polar surface area (TPSA) is 54.9 Å². The van der Waals surface area contributed by atoms with Gasteiger partial charge in [-0.05, 0) is 17.4 Å². The van der Waals surface area contributed by atoms with Crippen LogP contribution in [0.2, 0.25) is 0 Å². The van der Waals surface area contributed by atoms with Gasteiger partial charge >= 0.3 is 6.18 Å². The molecule has 2 rings (SSSR count). The molecule has 0 atom stereocenters. The third-order valence-electron chi connectivity index (χ3n) is 2.75. The number of rotatable bonds is 6. The fourth-order valence-electron chi connectivity index (χ4n) is 1.68. The Morgan fingerprint density at radius 1 is 1.39 bits per heavy atom. The van der Waals surface area contributed by atoms with Gasteiger partial charge in [0.2, 0.25) is 5.91 Å². The Bertz CT molecular complexity index is 656. The first-order chi connectivity index (χ1) is 10.9. The largest absolute Gasteiger partial charge is 0.433 e. The number of hydrogen-bond acceptors (Lipinski definition) is 5. The summed E-state index contributed by atoms with van der Waals surface area (Å²) in [7, 11) is 0. The van der Waals surface area contributed by atoms with Crippen LogP contribution in [0, 0.1) is 0 Å². The number of carbonyl (C=O) groups excluding carboxylic acids is 1. The van der Waals surface area contributed by atoms with Gasteiger partial charge in [-0.1, -0.05) is 24.8 Å². The number of thioether (sulfide) groups is 1. The Morgan fingerprint density at radius 3 is 2.78 bits per heavy atom. The van der Waals surface area contributed by atoms with Gasteiger partial charge in [0.05, 0.1) is 12.1 Å². The summed E-state index contributed by atoms with van der Waals surface area (Å²) in [6, 6.07) is 2.20. The standard InChI is InChI=1S/C14H14F3N3OS2/c1-2-22-13-20-10(8-23-13)5-12(21)19-7-9-3-4-11(18-6-9)14(15,16)17/h3-4,6,8H,2,5,7H2,1H3,(H,19,21). The molecule has 0 aliphatic carbocycles. The number of nitrogens with one attached hydrogen (secondary N) is 1. The van der Waals surface area contributed by atoms with Crippen molar-refractivity contribution < 1.29 is 18.0 Å². The van der Waals surface area contributed by atoms with Gasteiger partial charge in [0, 0.05) is 18.1 Å². The van der Waals surface area contributed by atoms with Crippen molar-refractivity contribution in [2.75, 3.05) is 5.75 Å². The second-order valence-electron chi connectivity index (χ2n) is 4.54. The predicted molar refractivity (Wildman–Crippen MR) is 83.3 cm³/mol. The van der Waals surface area contributed by atoms with Crippen LogP contribution in [0.4, 0.5) is 13.2 Å². The van der Waals surface area contributed by atoms with Crippen LogP contribution in [0.25, 0.3) is 0 Å². The van der Waals surface area contributed by atoms with Crippen LogP contribution in [-0.2, 0) is 23.9 Å². The fraction of sp³-hybridized carbons (Fsp3) is 0.357. The highest BCUT2D eigenvalue weighted by Crippen LogP contribution is 2.27. The summed E-state index contributed by atoms with van der Waals surface area (Å²) in [5.41, 5.74) is 0.247. The molecular formula is C14H14F3N3OS2. The van der Waals surface area contributed by atoms with Crippen molar-refractivity contribution in [1.29, 1.82) is 0 Å². The molecule has 9 heteroatoms. The minimum absolute atomic E-state index is 0.130. The average molecular weight is 361 g/mol. The first-order valence-corrected chi connectivity index (χ1v) is 8.61. The molecule has 124 valence electrons. The molecule has 0 aromatic carbocycles. The number of alkyl halides is 3. The number of nitrogens with zero attached hydrogens (tertiary/aromatic N) is 2. The van der Waals surface area contributed by atoms with E-state index in [0.717, 1.165) is 22.4 Å². The van der Waals surface area contributed by atoms with Gasteiger partial charge in [0.25, 0.3) is 0 Å². The summed E-state index contributed by atoms with van der Waals surface area (Å²) in [6.07, 6.45) is -3.20. The molecule has 0 bridgehead atoms. The van der Waals surface area contributed by atoms with Crippen LogP contribution in [0.15, 0.2) is 28.0 Å².